The van der Waals surface area contributed by atoms with Crippen LogP contribution in [0.15, 0.2) is 0 Å². The standard InChI is InChI=1S/C29H46O4/c1-17-8-13-29(31-16-17)18(2)26-25(33-29)15-24-22-7-6-20-14-21(32-19(3)30)9-11-27(20,4)23(22)10-12-28(24,26)5/h17-18,20-26H,6-16H2,1-5H3/t17?,18?,20-,21+,22?,23?,24?,25+,26?,27+,28+,29?/m1/s1. The molecule has 0 radical (unpaired) electrons. The Labute approximate surface area is 200 Å². The summed E-state index contributed by atoms with van der Waals surface area (Å²) < 4.78 is 19.1. The van der Waals surface area contributed by atoms with Crippen molar-refractivity contribution in [1.82, 2.24) is 0 Å². The number of ether oxygens (including phenoxy) is 3. The number of carbonyl (C=O) groups is 1. The molecule has 0 aromatic carbocycles. The van der Waals surface area contributed by atoms with Gasteiger partial charge >= 0.3 is 5.97 Å². The fourth-order valence-corrected chi connectivity index (χ4v) is 10.6. The number of hydrogen-bond acceptors (Lipinski definition) is 4. The number of hydrogen-bond donors (Lipinski definition) is 0. The molecular weight excluding hydrogens is 412 g/mol. The van der Waals surface area contributed by atoms with Gasteiger partial charge in [0.15, 0.2) is 5.79 Å². The van der Waals surface area contributed by atoms with Crippen molar-refractivity contribution in [3.8, 4) is 0 Å². The molecule has 0 aromatic heterocycles. The first-order chi connectivity index (χ1) is 15.7. The summed E-state index contributed by atoms with van der Waals surface area (Å²) in [5, 5.41) is 0. The third-order valence-electron chi connectivity index (χ3n) is 12.2. The van der Waals surface area contributed by atoms with Crippen LogP contribution in [0.2, 0.25) is 0 Å². The molecule has 2 heterocycles. The lowest BCUT2D eigenvalue weighted by molar-refractivity contribution is -0.273. The van der Waals surface area contributed by atoms with E-state index < -0.39 is 0 Å². The van der Waals surface area contributed by atoms with E-state index in [2.05, 4.69) is 27.7 Å². The number of esters is 1. The van der Waals surface area contributed by atoms with E-state index >= 15 is 0 Å². The predicted octanol–water partition coefficient (Wildman–Crippen LogP) is 6.36. The predicted molar refractivity (Wildman–Crippen MR) is 127 cm³/mol. The van der Waals surface area contributed by atoms with E-state index in [9.17, 15) is 4.79 Å². The molecule has 0 bridgehead atoms. The lowest BCUT2D eigenvalue weighted by Crippen LogP contribution is -2.55. The van der Waals surface area contributed by atoms with Crippen molar-refractivity contribution < 1.29 is 19.0 Å². The molecule has 6 aliphatic rings. The zero-order valence-electron chi connectivity index (χ0n) is 21.6. The van der Waals surface area contributed by atoms with Gasteiger partial charge in [0.1, 0.15) is 6.10 Å². The Morgan fingerprint density at radius 2 is 1.70 bits per heavy atom. The van der Waals surface area contributed by atoms with Crippen molar-refractivity contribution in [2.24, 2.45) is 52.3 Å². The molecule has 6 rings (SSSR count). The van der Waals surface area contributed by atoms with Crippen LogP contribution in [0.4, 0.5) is 0 Å². The molecule has 186 valence electrons. The SMILES string of the molecule is CC(=O)O[C@H]1CC[C@]2(C)C3CC[C@@]4(C)C(C[C@@H]5OC6(CCC(C)CO6)C(C)C54)C3CC[C@@H]2C1. The minimum Gasteiger partial charge on any atom is -0.463 e. The molecule has 4 nitrogen and oxygen atoms in total. The highest BCUT2D eigenvalue weighted by molar-refractivity contribution is 5.66. The minimum absolute atomic E-state index is 0.105. The van der Waals surface area contributed by atoms with Crippen molar-refractivity contribution >= 4 is 5.97 Å². The summed E-state index contributed by atoms with van der Waals surface area (Å²) in [6.45, 7) is 12.4. The minimum atomic E-state index is -0.300. The summed E-state index contributed by atoms with van der Waals surface area (Å²) in [5.74, 6) is 4.63. The van der Waals surface area contributed by atoms with Gasteiger partial charge in [-0.05, 0) is 104 Å². The molecule has 1 spiro atoms. The van der Waals surface area contributed by atoms with Gasteiger partial charge in [0, 0.05) is 19.3 Å². The summed E-state index contributed by atoms with van der Waals surface area (Å²) in [4.78, 5) is 11.5. The molecule has 2 saturated heterocycles. The summed E-state index contributed by atoms with van der Waals surface area (Å²) >= 11 is 0. The number of rotatable bonds is 1. The summed E-state index contributed by atoms with van der Waals surface area (Å²) in [6.07, 6.45) is 12.9. The molecule has 2 aliphatic heterocycles. The lowest BCUT2D eigenvalue weighted by atomic mass is 9.44. The topological polar surface area (TPSA) is 44.8 Å². The first-order valence-corrected chi connectivity index (χ1v) is 14.2. The van der Waals surface area contributed by atoms with E-state index in [1.165, 1.54) is 44.9 Å². The highest BCUT2D eigenvalue weighted by Gasteiger charge is 2.69. The van der Waals surface area contributed by atoms with Crippen LogP contribution in [0.5, 0.6) is 0 Å². The van der Waals surface area contributed by atoms with Crippen molar-refractivity contribution in [3.63, 3.8) is 0 Å². The van der Waals surface area contributed by atoms with E-state index in [1.807, 2.05) is 0 Å². The molecular formula is C29H46O4. The van der Waals surface area contributed by atoms with E-state index in [-0.39, 0.29) is 17.9 Å². The third kappa shape index (κ3) is 3.25. The Bertz CT molecular complexity index is 786. The molecule has 7 unspecified atom stereocenters. The Kier molecular flexibility index (Phi) is 5.32. The van der Waals surface area contributed by atoms with Gasteiger partial charge in [0.25, 0.3) is 0 Å². The van der Waals surface area contributed by atoms with Crippen LogP contribution in [0.3, 0.4) is 0 Å². The average molecular weight is 459 g/mol. The second kappa shape index (κ2) is 7.69. The first-order valence-electron chi connectivity index (χ1n) is 14.2. The smallest absolute Gasteiger partial charge is 0.302 e. The van der Waals surface area contributed by atoms with Crippen molar-refractivity contribution in [3.05, 3.63) is 0 Å². The maximum Gasteiger partial charge on any atom is 0.302 e. The fourth-order valence-electron chi connectivity index (χ4n) is 10.6. The molecule has 4 aliphatic carbocycles. The molecule has 6 fully saturated rings. The fraction of sp³-hybridized carbons (Fsp3) is 0.966. The average Bonchev–Trinajstić information content (AvgIpc) is 3.21. The zero-order valence-corrected chi connectivity index (χ0v) is 21.6. The maximum atomic E-state index is 11.5. The molecule has 0 aromatic rings. The van der Waals surface area contributed by atoms with E-state index in [0.717, 1.165) is 49.5 Å². The van der Waals surface area contributed by atoms with E-state index in [1.54, 1.807) is 6.92 Å². The van der Waals surface area contributed by atoms with Crippen LogP contribution in [0, 0.1) is 52.3 Å². The van der Waals surface area contributed by atoms with Crippen LogP contribution < -0.4 is 0 Å². The molecule has 4 saturated carbocycles. The van der Waals surface area contributed by atoms with Gasteiger partial charge in [0.05, 0.1) is 12.7 Å². The molecule has 33 heavy (non-hydrogen) atoms. The van der Waals surface area contributed by atoms with Gasteiger partial charge in [-0.3, -0.25) is 4.79 Å². The van der Waals surface area contributed by atoms with Gasteiger partial charge in [0.2, 0.25) is 0 Å². The van der Waals surface area contributed by atoms with Crippen LogP contribution in [-0.2, 0) is 19.0 Å². The van der Waals surface area contributed by atoms with Crippen LogP contribution >= 0.6 is 0 Å². The second-order valence-corrected chi connectivity index (χ2v) is 13.7. The Balaban J connectivity index is 1.21. The van der Waals surface area contributed by atoms with Gasteiger partial charge in [-0.1, -0.05) is 27.7 Å². The highest BCUT2D eigenvalue weighted by atomic mass is 16.7. The van der Waals surface area contributed by atoms with E-state index in [0.29, 0.717) is 34.7 Å². The number of fused-ring (bicyclic) bond motifs is 7. The normalized spacial score (nSPS) is 57.7. The van der Waals surface area contributed by atoms with Gasteiger partial charge in [-0.25, -0.2) is 0 Å². The van der Waals surface area contributed by atoms with Gasteiger partial charge in [-0.15, -0.1) is 0 Å². The van der Waals surface area contributed by atoms with E-state index in [4.69, 9.17) is 14.2 Å². The monoisotopic (exact) mass is 458 g/mol. The Morgan fingerprint density at radius 3 is 2.42 bits per heavy atom. The maximum absolute atomic E-state index is 11.5. The molecule has 12 atom stereocenters. The largest absolute Gasteiger partial charge is 0.463 e. The summed E-state index contributed by atoms with van der Waals surface area (Å²) in [7, 11) is 0. The van der Waals surface area contributed by atoms with Crippen molar-refractivity contribution in [2.75, 3.05) is 6.61 Å². The zero-order chi connectivity index (χ0) is 23.2. The summed E-state index contributed by atoms with van der Waals surface area (Å²) in [5.41, 5.74) is 0.828. The van der Waals surface area contributed by atoms with Crippen LogP contribution in [0.25, 0.3) is 0 Å². The molecule has 0 N–H and O–H groups in total. The quantitative estimate of drug-likeness (QED) is 0.429. The summed E-state index contributed by atoms with van der Waals surface area (Å²) in [6, 6.07) is 0. The Morgan fingerprint density at radius 1 is 0.909 bits per heavy atom. The van der Waals surface area contributed by atoms with Gasteiger partial charge < -0.3 is 14.2 Å². The second-order valence-electron chi connectivity index (χ2n) is 13.7. The lowest BCUT2D eigenvalue weighted by Gasteiger charge is -2.61. The van der Waals surface area contributed by atoms with Crippen molar-refractivity contribution in [1.29, 1.82) is 0 Å². The third-order valence-corrected chi connectivity index (χ3v) is 12.2. The number of carbonyl (C=O) groups excluding carboxylic acids is 1. The first kappa shape index (κ1) is 22.8. The molecule has 4 heteroatoms. The highest BCUT2D eigenvalue weighted by Crippen LogP contribution is 2.71. The Hall–Kier alpha value is -0.610. The van der Waals surface area contributed by atoms with Crippen molar-refractivity contribution in [2.45, 2.75) is 117 Å². The van der Waals surface area contributed by atoms with Crippen LogP contribution in [0.1, 0.15) is 98.8 Å². The molecule has 0 amide bonds. The van der Waals surface area contributed by atoms with Crippen LogP contribution in [-0.4, -0.2) is 30.6 Å². The van der Waals surface area contributed by atoms with Gasteiger partial charge in [-0.2, -0.15) is 0 Å².